The zero-order valence-electron chi connectivity index (χ0n) is 17.5. The van der Waals surface area contributed by atoms with Gasteiger partial charge in [-0.25, -0.2) is 13.8 Å². The number of rotatable bonds is 7. The van der Waals surface area contributed by atoms with Gasteiger partial charge in [0.15, 0.2) is 5.65 Å². The van der Waals surface area contributed by atoms with Gasteiger partial charge in [-0.05, 0) is 31.4 Å². The lowest BCUT2D eigenvalue weighted by atomic mass is 9.90. The number of hydrogen-bond donors (Lipinski definition) is 1. The molecule has 0 aliphatic carbocycles. The highest BCUT2D eigenvalue weighted by atomic mass is 19.3. The summed E-state index contributed by atoms with van der Waals surface area (Å²) in [6.07, 6.45) is 1.82. The van der Waals surface area contributed by atoms with Gasteiger partial charge < -0.3 is 10.0 Å². The van der Waals surface area contributed by atoms with Crippen LogP contribution in [0.15, 0.2) is 47.7 Å². The Morgan fingerprint density at radius 2 is 1.90 bits per heavy atom. The molecule has 1 aliphatic rings. The molecule has 1 N–H and O–H groups in total. The fourth-order valence-corrected chi connectivity index (χ4v) is 4.31. The Balaban J connectivity index is 1.36. The number of fused-ring (bicyclic) bond motifs is 1. The van der Waals surface area contributed by atoms with Crippen molar-refractivity contribution in [1.82, 2.24) is 24.2 Å². The summed E-state index contributed by atoms with van der Waals surface area (Å²) in [5, 5.41) is 15.5. The van der Waals surface area contributed by atoms with Crippen LogP contribution in [-0.2, 0) is 13.6 Å². The standard InChI is InChI=1S/C22H27F2N5O2/c1-27-20-18(13-26-27)21(30)29(15-25-20)14-22(31)8-11-28(12-9-22)10-7-17(19(23)24)16-5-3-2-4-6-16/h2-6,13,15,17,19,31H,7-12,14H2,1H3. The van der Waals surface area contributed by atoms with Crippen molar-refractivity contribution in [2.24, 2.45) is 7.05 Å². The molecule has 0 amide bonds. The van der Waals surface area contributed by atoms with Gasteiger partial charge in [0.1, 0.15) is 11.7 Å². The predicted octanol–water partition coefficient (Wildman–Crippen LogP) is 2.40. The number of aliphatic hydroxyl groups is 1. The summed E-state index contributed by atoms with van der Waals surface area (Å²) in [7, 11) is 1.72. The van der Waals surface area contributed by atoms with Crippen LogP contribution in [0.5, 0.6) is 0 Å². The molecule has 1 aliphatic heterocycles. The Morgan fingerprint density at radius 3 is 2.58 bits per heavy atom. The molecule has 1 atom stereocenters. The zero-order valence-corrected chi connectivity index (χ0v) is 17.5. The number of piperidine rings is 1. The van der Waals surface area contributed by atoms with Crippen molar-refractivity contribution in [3.8, 4) is 0 Å². The van der Waals surface area contributed by atoms with Crippen molar-refractivity contribution >= 4 is 11.0 Å². The van der Waals surface area contributed by atoms with Gasteiger partial charge in [0.25, 0.3) is 5.56 Å². The van der Waals surface area contributed by atoms with Crippen molar-refractivity contribution in [2.75, 3.05) is 19.6 Å². The average molecular weight is 431 g/mol. The van der Waals surface area contributed by atoms with E-state index in [1.165, 1.54) is 21.8 Å². The third-order valence-corrected chi connectivity index (χ3v) is 6.26. The normalized spacial score (nSPS) is 18.0. The lowest BCUT2D eigenvalue weighted by molar-refractivity contribution is -0.0361. The number of likely N-dealkylation sites (tertiary alicyclic amines) is 1. The molecule has 166 valence electrons. The fraction of sp³-hybridized carbons (Fsp3) is 0.500. The summed E-state index contributed by atoms with van der Waals surface area (Å²) in [6.45, 7) is 1.89. The van der Waals surface area contributed by atoms with Crippen LogP contribution in [0.4, 0.5) is 8.78 Å². The van der Waals surface area contributed by atoms with Crippen LogP contribution in [-0.4, -0.2) is 61.0 Å². The van der Waals surface area contributed by atoms with Gasteiger partial charge in [0, 0.05) is 26.1 Å². The largest absolute Gasteiger partial charge is 0.388 e. The maximum absolute atomic E-state index is 13.6. The minimum absolute atomic E-state index is 0.154. The van der Waals surface area contributed by atoms with Gasteiger partial charge in [0.05, 0.1) is 18.3 Å². The average Bonchev–Trinajstić information content (AvgIpc) is 3.14. The van der Waals surface area contributed by atoms with E-state index in [4.69, 9.17) is 0 Å². The van der Waals surface area contributed by atoms with Gasteiger partial charge in [-0.2, -0.15) is 5.10 Å². The van der Waals surface area contributed by atoms with Crippen LogP contribution < -0.4 is 5.56 Å². The van der Waals surface area contributed by atoms with E-state index in [-0.39, 0.29) is 12.1 Å². The van der Waals surface area contributed by atoms with Crippen LogP contribution in [0.3, 0.4) is 0 Å². The summed E-state index contributed by atoms with van der Waals surface area (Å²) in [5.41, 5.74) is -0.0882. The quantitative estimate of drug-likeness (QED) is 0.622. The molecule has 1 aromatic carbocycles. The van der Waals surface area contributed by atoms with E-state index < -0.39 is 17.9 Å². The van der Waals surface area contributed by atoms with E-state index in [9.17, 15) is 18.7 Å². The van der Waals surface area contributed by atoms with Gasteiger partial charge in [-0.1, -0.05) is 30.3 Å². The highest BCUT2D eigenvalue weighted by Crippen LogP contribution is 2.29. The second-order valence-corrected chi connectivity index (χ2v) is 8.39. The minimum atomic E-state index is -2.41. The molecule has 1 fully saturated rings. The number of benzene rings is 1. The highest BCUT2D eigenvalue weighted by Gasteiger charge is 2.34. The van der Waals surface area contributed by atoms with E-state index in [2.05, 4.69) is 15.0 Å². The molecule has 2 aromatic heterocycles. The molecule has 1 unspecified atom stereocenters. The van der Waals surface area contributed by atoms with E-state index in [1.807, 2.05) is 6.07 Å². The van der Waals surface area contributed by atoms with E-state index >= 15 is 0 Å². The molecule has 7 nitrogen and oxygen atoms in total. The minimum Gasteiger partial charge on any atom is -0.388 e. The lowest BCUT2D eigenvalue weighted by Gasteiger charge is -2.38. The summed E-state index contributed by atoms with van der Waals surface area (Å²) in [4.78, 5) is 19.1. The number of nitrogens with zero attached hydrogens (tertiary/aromatic N) is 5. The molecule has 4 rings (SSSR count). The van der Waals surface area contributed by atoms with Crippen LogP contribution in [0.1, 0.15) is 30.7 Å². The molecule has 31 heavy (non-hydrogen) atoms. The van der Waals surface area contributed by atoms with Crippen LogP contribution >= 0.6 is 0 Å². The first-order valence-corrected chi connectivity index (χ1v) is 10.5. The second-order valence-electron chi connectivity index (χ2n) is 8.39. The van der Waals surface area contributed by atoms with Crippen LogP contribution in [0.2, 0.25) is 0 Å². The first-order valence-electron chi connectivity index (χ1n) is 10.5. The molecule has 0 saturated carbocycles. The number of alkyl halides is 2. The van der Waals surface area contributed by atoms with Crippen molar-refractivity contribution in [1.29, 1.82) is 0 Å². The fourth-order valence-electron chi connectivity index (χ4n) is 4.31. The number of halogens is 2. The molecule has 3 aromatic rings. The lowest BCUT2D eigenvalue weighted by Crippen LogP contribution is -2.48. The van der Waals surface area contributed by atoms with Gasteiger partial charge in [0.2, 0.25) is 6.43 Å². The molecule has 1 saturated heterocycles. The maximum atomic E-state index is 13.6. The predicted molar refractivity (Wildman–Crippen MR) is 113 cm³/mol. The highest BCUT2D eigenvalue weighted by molar-refractivity contribution is 5.72. The van der Waals surface area contributed by atoms with Crippen molar-refractivity contribution in [3.63, 3.8) is 0 Å². The summed E-state index contributed by atoms with van der Waals surface area (Å²) in [5.74, 6) is -0.794. The van der Waals surface area contributed by atoms with E-state index in [1.54, 1.807) is 31.3 Å². The topological polar surface area (TPSA) is 76.2 Å². The maximum Gasteiger partial charge on any atom is 0.264 e. The number of hydrogen-bond acceptors (Lipinski definition) is 5. The smallest absolute Gasteiger partial charge is 0.264 e. The van der Waals surface area contributed by atoms with E-state index in [0.717, 1.165) is 0 Å². The number of aryl methyl sites for hydroxylation is 1. The van der Waals surface area contributed by atoms with Gasteiger partial charge in [-0.3, -0.25) is 14.0 Å². The Kier molecular flexibility index (Phi) is 6.15. The molecule has 0 spiro atoms. The molecule has 3 heterocycles. The van der Waals surface area contributed by atoms with Crippen LogP contribution in [0, 0.1) is 0 Å². The summed E-state index contributed by atoms with van der Waals surface area (Å²) < 4.78 is 30.1. The Hall–Kier alpha value is -2.65. The second kappa shape index (κ2) is 8.84. The molecule has 0 radical (unpaired) electrons. The number of aromatic nitrogens is 4. The Labute approximate surface area is 178 Å². The van der Waals surface area contributed by atoms with Crippen molar-refractivity contribution in [3.05, 3.63) is 58.8 Å². The van der Waals surface area contributed by atoms with Gasteiger partial charge in [-0.15, -0.1) is 0 Å². The monoisotopic (exact) mass is 431 g/mol. The molecule has 9 heteroatoms. The molecule has 0 bridgehead atoms. The SMILES string of the molecule is Cn1ncc2c(=O)n(CC3(O)CCN(CCC(c4ccccc4)C(F)F)CC3)cnc21. The summed E-state index contributed by atoms with van der Waals surface area (Å²) in [6, 6.07) is 8.88. The summed E-state index contributed by atoms with van der Waals surface area (Å²) >= 11 is 0. The molecular weight excluding hydrogens is 404 g/mol. The van der Waals surface area contributed by atoms with Gasteiger partial charge >= 0.3 is 0 Å². The third kappa shape index (κ3) is 4.67. The zero-order chi connectivity index (χ0) is 22.0. The van der Waals surface area contributed by atoms with E-state index in [0.29, 0.717) is 55.5 Å². The first kappa shape index (κ1) is 21.6. The van der Waals surface area contributed by atoms with Crippen molar-refractivity contribution in [2.45, 2.75) is 43.8 Å². The Morgan fingerprint density at radius 1 is 1.19 bits per heavy atom. The first-order chi connectivity index (χ1) is 14.9. The van der Waals surface area contributed by atoms with Crippen LogP contribution in [0.25, 0.3) is 11.0 Å². The Bertz CT molecular complexity index is 1070. The van der Waals surface area contributed by atoms with Crippen molar-refractivity contribution < 1.29 is 13.9 Å². The molecular formula is C22H27F2N5O2. The third-order valence-electron chi connectivity index (χ3n) is 6.26.